The van der Waals surface area contributed by atoms with E-state index in [0.29, 0.717) is 11.4 Å². The van der Waals surface area contributed by atoms with Crippen LogP contribution >= 0.6 is 34.8 Å². The molecular formula is C25H23Cl3F6N4O3. The molecule has 0 aromatic heterocycles. The first-order valence-electron chi connectivity index (χ1n) is 12.0. The summed E-state index contributed by atoms with van der Waals surface area (Å²) in [5.41, 5.74) is 6.15. The second-order valence-corrected chi connectivity index (χ2v) is 10.5. The van der Waals surface area contributed by atoms with Gasteiger partial charge in [-0.2, -0.15) is 26.3 Å². The van der Waals surface area contributed by atoms with Gasteiger partial charge in [0.2, 0.25) is 17.7 Å². The van der Waals surface area contributed by atoms with E-state index in [-0.39, 0.29) is 27.3 Å². The number of rotatable bonds is 9. The number of amides is 3. The lowest BCUT2D eigenvalue weighted by Gasteiger charge is -2.29. The van der Waals surface area contributed by atoms with Gasteiger partial charge in [0.25, 0.3) is 0 Å². The summed E-state index contributed by atoms with van der Waals surface area (Å²) in [5, 5.41) is 5.36. The van der Waals surface area contributed by atoms with Gasteiger partial charge in [-0.25, -0.2) is 0 Å². The van der Waals surface area contributed by atoms with Crippen LogP contribution in [0.4, 0.5) is 43.4 Å². The maximum absolute atomic E-state index is 13.3. The average molecular weight is 648 g/mol. The fraction of sp³-hybridized carbons (Fsp3) is 0.400. The third-order valence-corrected chi connectivity index (χ3v) is 7.46. The molecule has 0 saturated carbocycles. The van der Waals surface area contributed by atoms with Gasteiger partial charge in [0, 0.05) is 30.4 Å². The number of benzene rings is 2. The summed E-state index contributed by atoms with van der Waals surface area (Å²) in [6.45, 7) is -0.307. The molecule has 16 heteroatoms. The van der Waals surface area contributed by atoms with Crippen LogP contribution in [0.5, 0.6) is 0 Å². The molecule has 1 aliphatic rings. The summed E-state index contributed by atoms with van der Waals surface area (Å²) in [5.74, 6) is -7.23. The zero-order valence-electron chi connectivity index (χ0n) is 20.9. The summed E-state index contributed by atoms with van der Waals surface area (Å²) < 4.78 is 77.8. The molecule has 4 N–H and O–H groups in total. The molecule has 0 radical (unpaired) electrons. The molecular weight excluding hydrogens is 625 g/mol. The summed E-state index contributed by atoms with van der Waals surface area (Å²) in [6, 6.07) is 7.70. The normalized spacial score (nSPS) is 17.2. The van der Waals surface area contributed by atoms with Crippen LogP contribution in [-0.4, -0.2) is 42.7 Å². The third kappa shape index (κ3) is 8.79. The minimum atomic E-state index is -4.78. The van der Waals surface area contributed by atoms with Crippen molar-refractivity contribution in [2.24, 2.45) is 17.6 Å². The number of anilines is 3. The molecule has 1 aliphatic heterocycles. The number of para-hydroxylation sites is 1. The van der Waals surface area contributed by atoms with Crippen LogP contribution in [-0.2, 0) is 14.4 Å². The molecule has 7 nitrogen and oxygen atoms in total. The van der Waals surface area contributed by atoms with Gasteiger partial charge in [0.15, 0.2) is 0 Å². The molecule has 2 aromatic rings. The molecule has 0 unspecified atom stereocenters. The Balaban J connectivity index is 1.97. The Labute approximate surface area is 245 Å². The predicted octanol–water partition coefficient (Wildman–Crippen LogP) is 6.62. The van der Waals surface area contributed by atoms with Crippen molar-refractivity contribution in [2.75, 3.05) is 16.8 Å². The number of hydrogen-bond acceptors (Lipinski definition) is 4. The molecule has 41 heavy (non-hydrogen) atoms. The van der Waals surface area contributed by atoms with Crippen LogP contribution in [0.3, 0.4) is 0 Å². The number of carbonyl (C=O) groups is 3. The Bertz CT molecular complexity index is 1310. The van der Waals surface area contributed by atoms with Crippen molar-refractivity contribution in [3.05, 3.63) is 51.5 Å². The Morgan fingerprint density at radius 1 is 0.951 bits per heavy atom. The van der Waals surface area contributed by atoms with E-state index in [0.717, 1.165) is 0 Å². The number of fused-ring (bicyclic) bond motifs is 1. The highest BCUT2D eigenvalue weighted by atomic mass is 35.5. The highest BCUT2D eigenvalue weighted by Gasteiger charge is 2.41. The second-order valence-electron chi connectivity index (χ2n) is 9.32. The number of halogens is 9. The van der Waals surface area contributed by atoms with Gasteiger partial charge < -0.3 is 21.3 Å². The van der Waals surface area contributed by atoms with Crippen LogP contribution < -0.4 is 21.3 Å². The SMILES string of the molecule is NC(=O)[C@H](CCC(F)(F)F)[C@H](CCC(F)(F)F)C(=O)N[C@H]1CN(c2ccc(Cl)c(Cl)c2)c2cccc(Cl)c2NC1=O. The fourth-order valence-corrected chi connectivity index (χ4v) is 4.93. The summed E-state index contributed by atoms with van der Waals surface area (Å²) >= 11 is 18.5. The monoisotopic (exact) mass is 646 g/mol. The van der Waals surface area contributed by atoms with Crippen LogP contribution in [0, 0.1) is 11.8 Å². The molecule has 1 heterocycles. The van der Waals surface area contributed by atoms with Crippen molar-refractivity contribution in [1.29, 1.82) is 0 Å². The number of nitrogens with one attached hydrogen (secondary N) is 2. The first-order valence-corrected chi connectivity index (χ1v) is 13.2. The van der Waals surface area contributed by atoms with Gasteiger partial charge in [0.1, 0.15) is 6.04 Å². The van der Waals surface area contributed by atoms with Crippen molar-refractivity contribution in [3.8, 4) is 0 Å². The Morgan fingerprint density at radius 2 is 1.56 bits per heavy atom. The molecule has 0 bridgehead atoms. The van der Waals surface area contributed by atoms with Gasteiger partial charge in [-0.1, -0.05) is 40.9 Å². The lowest BCUT2D eigenvalue weighted by atomic mass is 9.83. The van der Waals surface area contributed by atoms with Crippen molar-refractivity contribution >= 4 is 69.6 Å². The van der Waals surface area contributed by atoms with E-state index in [1.807, 2.05) is 0 Å². The largest absolute Gasteiger partial charge is 0.389 e. The quantitative estimate of drug-likeness (QED) is 0.266. The lowest BCUT2D eigenvalue weighted by molar-refractivity contribution is -0.152. The van der Waals surface area contributed by atoms with Gasteiger partial charge in [0.05, 0.1) is 33.0 Å². The highest BCUT2D eigenvalue weighted by molar-refractivity contribution is 6.42. The predicted molar refractivity (Wildman–Crippen MR) is 142 cm³/mol. The molecule has 3 rings (SSSR count). The van der Waals surface area contributed by atoms with Crippen molar-refractivity contribution in [2.45, 2.75) is 44.1 Å². The minimum absolute atomic E-state index is 0.122. The maximum Gasteiger partial charge on any atom is 0.389 e. The molecule has 224 valence electrons. The number of hydrogen-bond donors (Lipinski definition) is 3. The lowest BCUT2D eigenvalue weighted by Crippen LogP contribution is -2.52. The molecule has 0 saturated heterocycles. The smallest absolute Gasteiger partial charge is 0.369 e. The van der Waals surface area contributed by atoms with Crippen LogP contribution in [0.2, 0.25) is 15.1 Å². The van der Waals surface area contributed by atoms with E-state index in [9.17, 15) is 40.7 Å². The van der Waals surface area contributed by atoms with Gasteiger partial charge in [-0.3, -0.25) is 14.4 Å². The molecule has 0 spiro atoms. The number of primary amides is 1. The number of carbonyl (C=O) groups excluding carboxylic acids is 3. The third-order valence-electron chi connectivity index (χ3n) is 6.41. The van der Waals surface area contributed by atoms with Gasteiger partial charge >= 0.3 is 12.4 Å². The van der Waals surface area contributed by atoms with E-state index in [2.05, 4.69) is 10.6 Å². The molecule has 3 amide bonds. The summed E-state index contributed by atoms with van der Waals surface area (Å²) in [7, 11) is 0. The first kappa shape index (κ1) is 32.6. The second kappa shape index (κ2) is 13.0. The Kier molecular flexibility index (Phi) is 10.3. The van der Waals surface area contributed by atoms with E-state index in [1.54, 1.807) is 18.2 Å². The molecule has 0 fully saturated rings. The zero-order chi connectivity index (χ0) is 30.7. The topological polar surface area (TPSA) is 105 Å². The van der Waals surface area contributed by atoms with E-state index in [4.69, 9.17) is 40.5 Å². The number of nitrogens with two attached hydrogens (primary N) is 1. The average Bonchev–Trinajstić information content (AvgIpc) is 2.98. The summed E-state index contributed by atoms with van der Waals surface area (Å²) in [4.78, 5) is 40.1. The number of alkyl halides is 6. The van der Waals surface area contributed by atoms with E-state index >= 15 is 0 Å². The fourth-order valence-electron chi connectivity index (χ4n) is 4.42. The van der Waals surface area contributed by atoms with E-state index < -0.39 is 73.6 Å². The number of nitrogens with zero attached hydrogens (tertiary/aromatic N) is 1. The Hall–Kier alpha value is -2.90. The van der Waals surface area contributed by atoms with Gasteiger partial charge in [-0.05, 0) is 43.2 Å². The van der Waals surface area contributed by atoms with Crippen LogP contribution in [0.25, 0.3) is 0 Å². The van der Waals surface area contributed by atoms with Gasteiger partial charge in [-0.15, -0.1) is 0 Å². The first-order chi connectivity index (χ1) is 19.0. The minimum Gasteiger partial charge on any atom is -0.369 e. The van der Waals surface area contributed by atoms with Crippen molar-refractivity contribution in [1.82, 2.24) is 5.32 Å². The van der Waals surface area contributed by atoms with E-state index in [1.165, 1.54) is 23.1 Å². The highest BCUT2D eigenvalue weighted by Crippen LogP contribution is 2.40. The van der Waals surface area contributed by atoms with Crippen molar-refractivity contribution < 1.29 is 40.7 Å². The van der Waals surface area contributed by atoms with Crippen molar-refractivity contribution in [3.63, 3.8) is 0 Å². The maximum atomic E-state index is 13.3. The summed E-state index contributed by atoms with van der Waals surface area (Å²) in [6.07, 6.45) is -14.7. The Morgan fingerprint density at radius 3 is 2.12 bits per heavy atom. The molecule has 0 aliphatic carbocycles. The van der Waals surface area contributed by atoms with Crippen LogP contribution in [0.1, 0.15) is 25.7 Å². The zero-order valence-corrected chi connectivity index (χ0v) is 23.2. The molecule has 2 aromatic carbocycles. The molecule has 3 atom stereocenters. The van der Waals surface area contributed by atoms with Crippen LogP contribution in [0.15, 0.2) is 36.4 Å². The standard InChI is InChI=1S/C25H23Cl3F6N4O3/c26-15-5-4-12(10-17(15)28)38-11-18(23(41)37-20-16(27)2-1-3-19(20)38)36-22(40)14(7-9-25(32,33)34)13(21(35)39)6-8-24(29,30)31/h1-5,10,13-14,18H,6-9,11H2,(H2,35,39)(H,36,40)(H,37,41)/t13-,14+,18+/m1/s1.